The van der Waals surface area contributed by atoms with Crippen molar-refractivity contribution in [3.8, 4) is 0 Å². The van der Waals surface area contributed by atoms with E-state index < -0.39 is 0 Å². The highest BCUT2D eigenvalue weighted by Gasteiger charge is 2.27. The second kappa shape index (κ2) is 8.60. The number of hydrogen-bond donors (Lipinski definition) is 1. The van der Waals surface area contributed by atoms with Crippen molar-refractivity contribution < 1.29 is 14.3 Å². The van der Waals surface area contributed by atoms with Crippen LogP contribution < -0.4 is 0 Å². The van der Waals surface area contributed by atoms with Crippen molar-refractivity contribution in [2.24, 2.45) is 0 Å². The number of piperidine rings is 1. The smallest absolute Gasteiger partial charge is 0.254 e. The topological polar surface area (TPSA) is 45.5 Å². The predicted molar refractivity (Wildman–Crippen MR) is 117 cm³/mol. The van der Waals surface area contributed by atoms with Gasteiger partial charge in [-0.2, -0.15) is 0 Å². The van der Waals surface area contributed by atoms with Crippen molar-refractivity contribution in [3.05, 3.63) is 70.7 Å². The molecule has 4 nitrogen and oxygen atoms in total. The van der Waals surface area contributed by atoms with Crippen LogP contribution in [0, 0.1) is 19.7 Å². The number of likely N-dealkylation sites (tertiary alicyclic amines) is 1. The van der Waals surface area contributed by atoms with Gasteiger partial charge >= 0.3 is 0 Å². The number of carbonyl (C=O) groups excluding carboxylic acids is 1. The van der Waals surface area contributed by atoms with Crippen LogP contribution in [0.3, 0.4) is 0 Å². The van der Waals surface area contributed by atoms with E-state index in [9.17, 15) is 14.3 Å². The summed E-state index contributed by atoms with van der Waals surface area (Å²) < 4.78 is 15.5. The van der Waals surface area contributed by atoms with Gasteiger partial charge in [0.05, 0.1) is 0 Å². The molecule has 1 atom stereocenters. The van der Waals surface area contributed by atoms with E-state index in [0.29, 0.717) is 18.5 Å². The van der Waals surface area contributed by atoms with Crippen molar-refractivity contribution in [3.63, 3.8) is 0 Å². The van der Waals surface area contributed by atoms with Crippen LogP contribution in [0.4, 0.5) is 4.39 Å². The monoisotopic (exact) mass is 408 g/mol. The van der Waals surface area contributed by atoms with Gasteiger partial charge in [-0.25, -0.2) is 4.39 Å². The fourth-order valence-electron chi connectivity index (χ4n) is 4.64. The Kier molecular flexibility index (Phi) is 5.91. The summed E-state index contributed by atoms with van der Waals surface area (Å²) in [4.78, 5) is 15.2. The number of carbonyl (C=O) groups is 1. The molecule has 1 amide bonds. The molecule has 2 heterocycles. The lowest BCUT2D eigenvalue weighted by molar-refractivity contribution is 0.0575. The number of halogens is 1. The Balaban J connectivity index is 1.66. The van der Waals surface area contributed by atoms with E-state index in [1.807, 2.05) is 35.2 Å². The average Bonchev–Trinajstić information content (AvgIpc) is 3.00. The average molecular weight is 409 g/mol. The third kappa shape index (κ3) is 3.86. The van der Waals surface area contributed by atoms with E-state index in [1.165, 1.54) is 12.1 Å². The SMILES string of the molecule is Cc1c(C)n(Cc2ccc(F)cc2)c2ccc(C(=O)N3CCCCC3CCO)cc12. The van der Waals surface area contributed by atoms with Gasteiger partial charge < -0.3 is 14.6 Å². The molecule has 0 bridgehead atoms. The zero-order chi connectivity index (χ0) is 21.3. The molecule has 0 spiro atoms. The van der Waals surface area contributed by atoms with Gasteiger partial charge in [0, 0.05) is 47.9 Å². The first-order valence-corrected chi connectivity index (χ1v) is 10.8. The number of aliphatic hydroxyl groups is 1. The van der Waals surface area contributed by atoms with Crippen LogP contribution in [0.5, 0.6) is 0 Å². The number of aliphatic hydroxyl groups excluding tert-OH is 1. The first-order chi connectivity index (χ1) is 14.5. The second-order valence-electron chi connectivity index (χ2n) is 8.32. The molecule has 3 aromatic rings. The Bertz CT molecular complexity index is 1050. The van der Waals surface area contributed by atoms with Crippen LogP contribution in [0.15, 0.2) is 42.5 Å². The molecule has 158 valence electrons. The molecule has 5 heteroatoms. The van der Waals surface area contributed by atoms with Gasteiger partial charge in [-0.15, -0.1) is 0 Å². The fourth-order valence-corrected chi connectivity index (χ4v) is 4.64. The molecule has 4 rings (SSSR count). The largest absolute Gasteiger partial charge is 0.396 e. The molecule has 1 aliphatic heterocycles. The number of hydrogen-bond acceptors (Lipinski definition) is 2. The van der Waals surface area contributed by atoms with Gasteiger partial charge in [0.1, 0.15) is 5.82 Å². The number of amides is 1. The Morgan fingerprint density at radius 1 is 1.13 bits per heavy atom. The van der Waals surface area contributed by atoms with Gasteiger partial charge in [-0.3, -0.25) is 4.79 Å². The van der Waals surface area contributed by atoms with E-state index in [1.54, 1.807) is 0 Å². The maximum Gasteiger partial charge on any atom is 0.254 e. The third-order valence-electron chi connectivity index (χ3n) is 6.49. The van der Waals surface area contributed by atoms with Crippen LogP contribution in [-0.4, -0.2) is 39.7 Å². The summed E-state index contributed by atoms with van der Waals surface area (Å²) in [6, 6.07) is 12.7. The number of aryl methyl sites for hydroxylation is 1. The highest BCUT2D eigenvalue weighted by atomic mass is 19.1. The second-order valence-corrected chi connectivity index (χ2v) is 8.32. The third-order valence-corrected chi connectivity index (χ3v) is 6.49. The summed E-state index contributed by atoms with van der Waals surface area (Å²) in [6.07, 6.45) is 3.72. The molecular weight excluding hydrogens is 379 g/mol. The molecule has 1 unspecified atom stereocenters. The van der Waals surface area contributed by atoms with Crippen molar-refractivity contribution in [2.75, 3.05) is 13.2 Å². The molecule has 0 aliphatic carbocycles. The Labute approximate surface area is 176 Å². The standard InChI is InChI=1S/C25H29FN2O2/c1-17-18(2)28(16-19-6-9-21(26)10-7-19)24-11-8-20(15-23(17)24)25(30)27-13-4-3-5-22(27)12-14-29/h6-11,15,22,29H,3-5,12-14,16H2,1-2H3. The zero-order valence-corrected chi connectivity index (χ0v) is 17.7. The number of benzene rings is 2. The van der Waals surface area contributed by atoms with E-state index in [2.05, 4.69) is 18.4 Å². The molecular formula is C25H29FN2O2. The van der Waals surface area contributed by atoms with Crippen molar-refractivity contribution >= 4 is 16.8 Å². The summed E-state index contributed by atoms with van der Waals surface area (Å²) in [5.74, 6) is -0.178. The number of nitrogens with zero attached hydrogens (tertiary/aromatic N) is 2. The Morgan fingerprint density at radius 2 is 1.90 bits per heavy atom. The van der Waals surface area contributed by atoms with E-state index >= 15 is 0 Å². The molecule has 1 aromatic heterocycles. The van der Waals surface area contributed by atoms with Gasteiger partial charge in [-0.05, 0) is 81.0 Å². The van der Waals surface area contributed by atoms with Gasteiger partial charge in [-0.1, -0.05) is 12.1 Å². The summed E-state index contributed by atoms with van der Waals surface area (Å²) in [5, 5.41) is 10.5. The first-order valence-electron chi connectivity index (χ1n) is 10.8. The first kappa shape index (κ1) is 20.6. The molecule has 0 radical (unpaired) electrons. The molecule has 1 N–H and O–H groups in total. The minimum absolute atomic E-state index is 0.0541. The van der Waals surface area contributed by atoms with Crippen LogP contribution >= 0.6 is 0 Å². The maximum absolute atomic E-state index is 13.3. The quantitative estimate of drug-likeness (QED) is 0.658. The molecule has 0 saturated carbocycles. The highest BCUT2D eigenvalue weighted by molar-refractivity contribution is 5.99. The molecule has 1 aliphatic rings. The number of fused-ring (bicyclic) bond motifs is 1. The lowest BCUT2D eigenvalue weighted by Crippen LogP contribution is -2.44. The predicted octanol–water partition coefficient (Wildman–Crippen LogP) is 4.82. The minimum atomic E-state index is -0.232. The summed E-state index contributed by atoms with van der Waals surface area (Å²) in [6.45, 7) is 5.70. The molecule has 2 aromatic carbocycles. The Hall–Kier alpha value is -2.66. The van der Waals surface area contributed by atoms with Gasteiger partial charge in [0.15, 0.2) is 0 Å². The normalized spacial score (nSPS) is 16.9. The van der Waals surface area contributed by atoms with E-state index in [0.717, 1.165) is 53.5 Å². The van der Waals surface area contributed by atoms with E-state index in [-0.39, 0.29) is 24.4 Å². The van der Waals surface area contributed by atoms with Crippen LogP contribution in [0.1, 0.15) is 52.9 Å². The number of aromatic nitrogens is 1. The van der Waals surface area contributed by atoms with E-state index in [4.69, 9.17) is 0 Å². The van der Waals surface area contributed by atoms with Crippen LogP contribution in [0.2, 0.25) is 0 Å². The summed E-state index contributed by atoms with van der Waals surface area (Å²) in [5.41, 5.74) is 5.13. The van der Waals surface area contributed by atoms with Crippen LogP contribution in [-0.2, 0) is 6.54 Å². The van der Waals surface area contributed by atoms with Gasteiger partial charge in [0.2, 0.25) is 0 Å². The summed E-state index contributed by atoms with van der Waals surface area (Å²) in [7, 11) is 0. The molecule has 1 fully saturated rings. The van der Waals surface area contributed by atoms with Gasteiger partial charge in [0.25, 0.3) is 5.91 Å². The fraction of sp³-hybridized carbons (Fsp3) is 0.400. The van der Waals surface area contributed by atoms with Crippen molar-refractivity contribution in [2.45, 2.75) is 52.1 Å². The number of rotatable bonds is 5. The maximum atomic E-state index is 13.3. The highest BCUT2D eigenvalue weighted by Crippen LogP contribution is 2.29. The van der Waals surface area contributed by atoms with Crippen molar-refractivity contribution in [1.29, 1.82) is 0 Å². The lowest BCUT2D eigenvalue weighted by Gasteiger charge is -2.35. The zero-order valence-electron chi connectivity index (χ0n) is 17.7. The Morgan fingerprint density at radius 3 is 2.63 bits per heavy atom. The molecule has 1 saturated heterocycles. The lowest BCUT2D eigenvalue weighted by atomic mass is 9.98. The van der Waals surface area contributed by atoms with Crippen molar-refractivity contribution in [1.82, 2.24) is 9.47 Å². The molecule has 30 heavy (non-hydrogen) atoms. The van der Waals surface area contributed by atoms with Crippen LogP contribution in [0.25, 0.3) is 10.9 Å². The minimum Gasteiger partial charge on any atom is -0.396 e. The summed E-state index contributed by atoms with van der Waals surface area (Å²) >= 11 is 0.